The van der Waals surface area contributed by atoms with E-state index in [1.807, 2.05) is 0 Å². The van der Waals surface area contributed by atoms with E-state index in [4.69, 9.17) is 23.2 Å². The number of nitrogens with zero attached hydrogens (tertiary/aromatic N) is 2. The molecule has 2 heterocycles. The lowest BCUT2D eigenvalue weighted by Crippen LogP contribution is -2.10. The van der Waals surface area contributed by atoms with Gasteiger partial charge in [0.2, 0.25) is 0 Å². The molecule has 0 unspecified atom stereocenters. The second-order valence-corrected chi connectivity index (χ2v) is 9.98. The SMILES string of the molecule is O=S(=O)(Nc1cnn(Cc2c(Cl)cccc2Cl)c1)c1ccc(Br)s1. The van der Waals surface area contributed by atoms with Gasteiger partial charge in [0.05, 0.1) is 22.2 Å². The van der Waals surface area contributed by atoms with Crippen LogP contribution < -0.4 is 4.72 Å². The predicted molar refractivity (Wildman–Crippen MR) is 101 cm³/mol. The van der Waals surface area contributed by atoms with E-state index in [9.17, 15) is 8.42 Å². The van der Waals surface area contributed by atoms with Gasteiger partial charge in [-0.1, -0.05) is 29.3 Å². The van der Waals surface area contributed by atoms with Gasteiger partial charge in [0.25, 0.3) is 10.0 Å². The molecule has 5 nitrogen and oxygen atoms in total. The van der Waals surface area contributed by atoms with Crippen LogP contribution in [0.4, 0.5) is 5.69 Å². The quantitative estimate of drug-likeness (QED) is 0.583. The first-order valence-electron chi connectivity index (χ1n) is 6.59. The Morgan fingerprint density at radius 2 is 1.92 bits per heavy atom. The van der Waals surface area contributed by atoms with E-state index in [0.717, 1.165) is 20.7 Å². The zero-order chi connectivity index (χ0) is 17.3. The van der Waals surface area contributed by atoms with Crippen molar-refractivity contribution in [3.05, 3.63) is 62.1 Å². The summed E-state index contributed by atoms with van der Waals surface area (Å²) >= 11 is 16.7. The zero-order valence-corrected chi connectivity index (χ0v) is 16.6. The molecule has 0 spiro atoms. The Labute approximate surface area is 161 Å². The monoisotopic (exact) mass is 465 g/mol. The van der Waals surface area contributed by atoms with Crippen LogP contribution >= 0.6 is 50.5 Å². The second kappa shape index (κ2) is 7.05. The summed E-state index contributed by atoms with van der Waals surface area (Å²) in [6, 6.07) is 8.46. The summed E-state index contributed by atoms with van der Waals surface area (Å²) < 4.78 is 29.6. The maximum atomic E-state index is 12.3. The molecule has 3 rings (SSSR count). The van der Waals surface area contributed by atoms with Crippen LogP contribution in [0.3, 0.4) is 0 Å². The van der Waals surface area contributed by atoms with Crippen LogP contribution in [0.15, 0.2) is 50.7 Å². The zero-order valence-electron chi connectivity index (χ0n) is 11.9. The molecule has 24 heavy (non-hydrogen) atoms. The number of benzene rings is 1. The molecule has 3 aromatic rings. The minimum atomic E-state index is -3.64. The lowest BCUT2D eigenvalue weighted by atomic mass is 10.2. The normalized spacial score (nSPS) is 11.6. The van der Waals surface area contributed by atoms with Crippen molar-refractivity contribution in [2.75, 3.05) is 4.72 Å². The van der Waals surface area contributed by atoms with Crippen LogP contribution in [0.1, 0.15) is 5.56 Å². The van der Waals surface area contributed by atoms with Gasteiger partial charge in [-0.3, -0.25) is 9.40 Å². The molecule has 10 heteroatoms. The number of hydrogen-bond acceptors (Lipinski definition) is 4. The Morgan fingerprint density at radius 1 is 1.21 bits per heavy atom. The minimum absolute atomic E-state index is 0.219. The van der Waals surface area contributed by atoms with E-state index in [1.54, 1.807) is 35.1 Å². The molecule has 0 saturated heterocycles. The molecule has 0 aliphatic heterocycles. The van der Waals surface area contributed by atoms with Crippen LogP contribution in [0.5, 0.6) is 0 Å². The molecule has 0 radical (unpaired) electrons. The van der Waals surface area contributed by atoms with Crippen molar-refractivity contribution in [2.24, 2.45) is 0 Å². The smallest absolute Gasteiger partial charge is 0.271 e. The topological polar surface area (TPSA) is 64.0 Å². The first-order chi connectivity index (χ1) is 11.3. The highest BCUT2D eigenvalue weighted by Gasteiger charge is 2.17. The molecule has 0 fully saturated rings. The van der Waals surface area contributed by atoms with Gasteiger partial charge < -0.3 is 0 Å². The highest BCUT2D eigenvalue weighted by molar-refractivity contribution is 9.11. The average molecular weight is 467 g/mol. The van der Waals surface area contributed by atoms with Crippen LogP contribution in [0.2, 0.25) is 10.0 Å². The van der Waals surface area contributed by atoms with Crippen molar-refractivity contribution in [3.63, 3.8) is 0 Å². The van der Waals surface area contributed by atoms with Crippen LogP contribution in [0, 0.1) is 0 Å². The first kappa shape index (κ1) is 17.8. The van der Waals surface area contributed by atoms with Gasteiger partial charge in [0.15, 0.2) is 0 Å². The molecular formula is C14H10BrCl2N3O2S2. The highest BCUT2D eigenvalue weighted by Crippen LogP contribution is 2.28. The summed E-state index contributed by atoms with van der Waals surface area (Å²) in [4.78, 5) is 0. The Hall–Kier alpha value is -1.06. The van der Waals surface area contributed by atoms with Gasteiger partial charge in [-0.2, -0.15) is 5.10 Å². The number of anilines is 1. The van der Waals surface area contributed by atoms with Crippen molar-refractivity contribution < 1.29 is 8.42 Å². The summed E-state index contributed by atoms with van der Waals surface area (Å²) in [5.74, 6) is 0. The van der Waals surface area contributed by atoms with Gasteiger partial charge in [-0.05, 0) is 40.2 Å². The maximum absolute atomic E-state index is 12.3. The third kappa shape index (κ3) is 3.94. The molecule has 0 aliphatic carbocycles. The Kier molecular flexibility index (Phi) is 5.22. The number of halogens is 3. The van der Waals surface area contributed by atoms with E-state index in [2.05, 4.69) is 25.8 Å². The number of thiophene rings is 1. The number of hydrogen-bond donors (Lipinski definition) is 1. The van der Waals surface area contributed by atoms with E-state index < -0.39 is 10.0 Å². The van der Waals surface area contributed by atoms with Crippen molar-refractivity contribution in [1.29, 1.82) is 0 Å². The number of nitrogens with one attached hydrogen (secondary N) is 1. The third-order valence-electron chi connectivity index (χ3n) is 3.08. The van der Waals surface area contributed by atoms with Gasteiger partial charge in [0.1, 0.15) is 4.21 Å². The second-order valence-electron chi connectivity index (χ2n) is 4.79. The number of rotatable bonds is 5. The summed E-state index contributed by atoms with van der Waals surface area (Å²) in [5, 5.41) is 5.21. The maximum Gasteiger partial charge on any atom is 0.271 e. The van der Waals surface area contributed by atoms with E-state index in [1.165, 1.54) is 12.3 Å². The fourth-order valence-electron chi connectivity index (χ4n) is 2.00. The summed E-state index contributed by atoms with van der Waals surface area (Å²) in [5.41, 5.74) is 1.09. The lowest BCUT2D eigenvalue weighted by molar-refractivity contribution is 0.603. The minimum Gasteiger partial charge on any atom is -0.276 e. The molecule has 0 amide bonds. The van der Waals surface area contributed by atoms with Crippen molar-refractivity contribution in [3.8, 4) is 0 Å². The molecule has 0 atom stereocenters. The van der Waals surface area contributed by atoms with E-state index in [-0.39, 0.29) is 4.21 Å². The lowest BCUT2D eigenvalue weighted by Gasteiger charge is -2.07. The third-order valence-corrected chi connectivity index (χ3v) is 7.29. The Balaban J connectivity index is 1.79. The molecule has 0 saturated carbocycles. The summed E-state index contributed by atoms with van der Waals surface area (Å²) in [7, 11) is -3.64. The van der Waals surface area contributed by atoms with E-state index in [0.29, 0.717) is 22.3 Å². The largest absolute Gasteiger partial charge is 0.276 e. The summed E-state index contributed by atoms with van der Waals surface area (Å²) in [6.45, 7) is 0.338. The molecule has 0 bridgehead atoms. The molecule has 1 N–H and O–H groups in total. The Bertz CT molecular complexity index is 965. The van der Waals surface area contributed by atoms with Crippen LogP contribution in [-0.2, 0) is 16.6 Å². The van der Waals surface area contributed by atoms with Crippen molar-refractivity contribution in [1.82, 2.24) is 9.78 Å². The fourth-order valence-corrected chi connectivity index (χ4v) is 5.55. The number of sulfonamides is 1. The molecule has 0 aliphatic rings. The fraction of sp³-hybridized carbons (Fsp3) is 0.0714. The van der Waals surface area contributed by atoms with E-state index >= 15 is 0 Å². The van der Waals surface area contributed by atoms with Gasteiger partial charge in [-0.25, -0.2) is 8.42 Å². The van der Waals surface area contributed by atoms with Gasteiger partial charge >= 0.3 is 0 Å². The van der Waals surface area contributed by atoms with Crippen molar-refractivity contribution >= 4 is 66.2 Å². The molecule has 2 aromatic heterocycles. The van der Waals surface area contributed by atoms with Crippen molar-refractivity contribution in [2.45, 2.75) is 10.8 Å². The van der Waals surface area contributed by atoms with Gasteiger partial charge in [-0.15, -0.1) is 11.3 Å². The molecule has 126 valence electrons. The number of aromatic nitrogens is 2. The summed E-state index contributed by atoms with van der Waals surface area (Å²) in [6.07, 6.45) is 3.02. The highest BCUT2D eigenvalue weighted by atomic mass is 79.9. The van der Waals surface area contributed by atoms with Crippen LogP contribution in [0.25, 0.3) is 0 Å². The molecule has 1 aromatic carbocycles. The molecular weight excluding hydrogens is 457 g/mol. The average Bonchev–Trinajstić information content (AvgIpc) is 3.12. The standard InChI is InChI=1S/C14H10BrCl2N3O2S2/c15-13-4-5-14(23-13)24(21,22)19-9-6-18-20(7-9)8-10-11(16)2-1-3-12(10)17/h1-7,19H,8H2. The van der Waals surface area contributed by atoms with Crippen LogP contribution in [-0.4, -0.2) is 18.2 Å². The van der Waals surface area contributed by atoms with Gasteiger partial charge in [0, 0.05) is 21.8 Å². The Morgan fingerprint density at radius 3 is 2.54 bits per heavy atom. The first-order valence-corrected chi connectivity index (χ1v) is 10.4. The predicted octanol–water partition coefficient (Wildman–Crippen LogP) is 4.86.